The Morgan fingerprint density at radius 2 is 1.84 bits per heavy atom. The van der Waals surface area contributed by atoms with Gasteiger partial charge < -0.3 is 14.5 Å². The summed E-state index contributed by atoms with van der Waals surface area (Å²) in [5.74, 6) is 1.47. The highest BCUT2D eigenvalue weighted by molar-refractivity contribution is 9.10. The van der Waals surface area contributed by atoms with Crippen molar-refractivity contribution in [3.63, 3.8) is 0 Å². The molecular weight excluding hydrogens is 474 g/mol. The number of aromatic nitrogens is 5. The smallest absolute Gasteiger partial charge is 0.255 e. The standard InChI is InChI=1S/C22H20BrN7O2/c1-32-16-6-4-5-15(13-16)30-21-19(26-27-30)20(24-14-25-21)28-9-11-29(12-10-28)22(31)17-7-2-3-8-18(17)23/h2-8,13-14H,9-12H2,1H3. The molecule has 10 heteroatoms. The molecule has 5 rings (SSSR count). The second kappa shape index (κ2) is 8.54. The van der Waals surface area contributed by atoms with Gasteiger partial charge in [0.1, 0.15) is 12.1 Å². The van der Waals surface area contributed by atoms with Gasteiger partial charge in [-0.05, 0) is 40.2 Å². The zero-order valence-electron chi connectivity index (χ0n) is 17.3. The van der Waals surface area contributed by atoms with Crippen LogP contribution in [0.1, 0.15) is 10.4 Å². The van der Waals surface area contributed by atoms with E-state index >= 15 is 0 Å². The molecule has 0 N–H and O–H groups in total. The van der Waals surface area contributed by atoms with Gasteiger partial charge in [0.25, 0.3) is 5.91 Å². The first kappa shape index (κ1) is 20.4. The summed E-state index contributed by atoms with van der Waals surface area (Å²) in [6.45, 7) is 2.48. The van der Waals surface area contributed by atoms with Crippen LogP contribution in [0.2, 0.25) is 0 Å². The van der Waals surface area contributed by atoms with Gasteiger partial charge in [0.05, 0.1) is 18.4 Å². The first-order chi connectivity index (χ1) is 15.7. The Bertz CT molecular complexity index is 1280. The van der Waals surface area contributed by atoms with Crippen molar-refractivity contribution in [3.05, 3.63) is 64.9 Å². The number of rotatable bonds is 4. The Balaban J connectivity index is 1.38. The van der Waals surface area contributed by atoms with Crippen molar-refractivity contribution in [1.82, 2.24) is 29.9 Å². The fourth-order valence-electron chi connectivity index (χ4n) is 3.81. The molecule has 2 aromatic heterocycles. The Morgan fingerprint density at radius 1 is 1.03 bits per heavy atom. The monoisotopic (exact) mass is 493 g/mol. The van der Waals surface area contributed by atoms with Gasteiger partial charge in [-0.2, -0.15) is 4.68 Å². The minimum absolute atomic E-state index is 0.0222. The van der Waals surface area contributed by atoms with Gasteiger partial charge in [-0.15, -0.1) is 5.10 Å². The number of hydrogen-bond donors (Lipinski definition) is 0. The number of nitrogens with zero attached hydrogens (tertiary/aromatic N) is 7. The molecule has 0 saturated carbocycles. The molecular formula is C22H20BrN7O2. The molecule has 1 fully saturated rings. The Labute approximate surface area is 192 Å². The maximum absolute atomic E-state index is 12.9. The molecule has 0 spiro atoms. The molecule has 0 atom stereocenters. The largest absolute Gasteiger partial charge is 0.497 e. The molecule has 1 aliphatic rings. The minimum Gasteiger partial charge on any atom is -0.497 e. The van der Waals surface area contributed by atoms with E-state index in [1.54, 1.807) is 11.8 Å². The third kappa shape index (κ3) is 3.66. The topological polar surface area (TPSA) is 89.3 Å². The molecule has 3 heterocycles. The van der Waals surface area contributed by atoms with E-state index in [9.17, 15) is 4.79 Å². The number of piperazine rings is 1. The normalized spacial score (nSPS) is 14.1. The van der Waals surface area contributed by atoms with E-state index in [0.717, 1.165) is 21.7 Å². The first-order valence-corrected chi connectivity index (χ1v) is 10.9. The molecule has 0 aliphatic carbocycles. The second-order valence-corrected chi connectivity index (χ2v) is 8.19. The van der Waals surface area contributed by atoms with Gasteiger partial charge in [0, 0.05) is 36.7 Å². The molecule has 2 aromatic carbocycles. The summed E-state index contributed by atoms with van der Waals surface area (Å²) >= 11 is 3.47. The zero-order valence-corrected chi connectivity index (χ0v) is 18.9. The van der Waals surface area contributed by atoms with Gasteiger partial charge in [-0.25, -0.2) is 9.97 Å². The van der Waals surface area contributed by atoms with Crippen LogP contribution in [0.25, 0.3) is 16.9 Å². The average Bonchev–Trinajstić information content (AvgIpc) is 3.28. The van der Waals surface area contributed by atoms with Crippen molar-refractivity contribution in [2.24, 2.45) is 0 Å². The van der Waals surface area contributed by atoms with Crippen molar-refractivity contribution >= 4 is 38.8 Å². The molecule has 32 heavy (non-hydrogen) atoms. The molecule has 9 nitrogen and oxygen atoms in total. The van der Waals surface area contributed by atoms with Gasteiger partial charge in [-0.3, -0.25) is 4.79 Å². The van der Waals surface area contributed by atoms with Crippen LogP contribution in [0.15, 0.2) is 59.3 Å². The molecule has 0 bridgehead atoms. The lowest BCUT2D eigenvalue weighted by atomic mass is 10.2. The van der Waals surface area contributed by atoms with Gasteiger partial charge in [0.15, 0.2) is 17.0 Å². The number of carbonyl (C=O) groups excluding carboxylic acids is 1. The van der Waals surface area contributed by atoms with Crippen LogP contribution >= 0.6 is 15.9 Å². The summed E-state index contributed by atoms with van der Waals surface area (Å²) in [6.07, 6.45) is 1.52. The van der Waals surface area contributed by atoms with Crippen LogP contribution in [-0.2, 0) is 0 Å². The number of anilines is 1. The second-order valence-electron chi connectivity index (χ2n) is 7.33. The Kier molecular flexibility index (Phi) is 5.44. The van der Waals surface area contributed by atoms with Crippen LogP contribution in [0, 0.1) is 0 Å². The lowest BCUT2D eigenvalue weighted by Gasteiger charge is -2.35. The third-order valence-electron chi connectivity index (χ3n) is 5.49. The molecule has 0 unspecified atom stereocenters. The summed E-state index contributed by atoms with van der Waals surface area (Å²) in [4.78, 5) is 25.8. The van der Waals surface area contributed by atoms with Crippen molar-refractivity contribution in [2.45, 2.75) is 0 Å². The lowest BCUT2D eigenvalue weighted by Crippen LogP contribution is -2.49. The molecule has 0 radical (unpaired) electrons. The third-order valence-corrected chi connectivity index (χ3v) is 6.18. The maximum Gasteiger partial charge on any atom is 0.255 e. The highest BCUT2D eigenvalue weighted by atomic mass is 79.9. The number of hydrogen-bond acceptors (Lipinski definition) is 7. The molecule has 1 saturated heterocycles. The van der Waals surface area contributed by atoms with Crippen LogP contribution in [-0.4, -0.2) is 69.1 Å². The SMILES string of the molecule is COc1cccc(-n2nnc3c(N4CCN(C(=O)c5ccccc5Br)CC4)ncnc32)c1. The van der Waals surface area contributed by atoms with E-state index in [1.165, 1.54) is 6.33 Å². The number of ether oxygens (including phenoxy) is 1. The number of methoxy groups -OCH3 is 1. The van der Waals surface area contributed by atoms with Crippen LogP contribution < -0.4 is 9.64 Å². The Morgan fingerprint density at radius 3 is 2.62 bits per heavy atom. The van der Waals surface area contributed by atoms with Crippen LogP contribution in [0.5, 0.6) is 5.75 Å². The molecule has 1 aliphatic heterocycles. The van der Waals surface area contributed by atoms with Gasteiger partial charge in [-0.1, -0.05) is 23.4 Å². The number of amides is 1. The van der Waals surface area contributed by atoms with Crippen molar-refractivity contribution in [3.8, 4) is 11.4 Å². The van der Waals surface area contributed by atoms with E-state index in [2.05, 4.69) is 41.1 Å². The highest BCUT2D eigenvalue weighted by Crippen LogP contribution is 2.25. The number of benzene rings is 2. The van der Waals surface area contributed by atoms with E-state index in [-0.39, 0.29) is 5.91 Å². The summed E-state index contributed by atoms with van der Waals surface area (Å²) < 4.78 is 7.80. The van der Waals surface area contributed by atoms with Crippen molar-refractivity contribution in [2.75, 3.05) is 38.2 Å². The van der Waals surface area contributed by atoms with Crippen LogP contribution in [0.3, 0.4) is 0 Å². The van der Waals surface area contributed by atoms with Crippen LogP contribution in [0.4, 0.5) is 5.82 Å². The predicted molar refractivity (Wildman–Crippen MR) is 123 cm³/mol. The lowest BCUT2D eigenvalue weighted by molar-refractivity contribution is 0.0745. The number of halogens is 1. The first-order valence-electron chi connectivity index (χ1n) is 10.2. The molecule has 4 aromatic rings. The van der Waals surface area contributed by atoms with Gasteiger partial charge >= 0.3 is 0 Å². The summed E-state index contributed by atoms with van der Waals surface area (Å²) in [7, 11) is 1.62. The summed E-state index contributed by atoms with van der Waals surface area (Å²) in [5.41, 5.74) is 2.72. The van der Waals surface area contributed by atoms with E-state index in [1.807, 2.05) is 53.4 Å². The summed E-state index contributed by atoms with van der Waals surface area (Å²) in [5, 5.41) is 8.66. The highest BCUT2D eigenvalue weighted by Gasteiger charge is 2.26. The number of fused-ring (bicyclic) bond motifs is 1. The maximum atomic E-state index is 12.9. The fraction of sp³-hybridized carbons (Fsp3) is 0.227. The zero-order chi connectivity index (χ0) is 22.1. The van der Waals surface area contributed by atoms with Gasteiger partial charge in [0.2, 0.25) is 0 Å². The average molecular weight is 494 g/mol. The van der Waals surface area contributed by atoms with E-state index in [4.69, 9.17) is 4.74 Å². The minimum atomic E-state index is 0.0222. The predicted octanol–water partition coefficient (Wildman–Crippen LogP) is 2.94. The molecule has 1 amide bonds. The summed E-state index contributed by atoms with van der Waals surface area (Å²) in [6, 6.07) is 15.1. The van der Waals surface area contributed by atoms with Crippen molar-refractivity contribution in [1.29, 1.82) is 0 Å². The number of carbonyl (C=O) groups is 1. The quantitative estimate of drug-likeness (QED) is 0.431. The van der Waals surface area contributed by atoms with Crippen molar-refractivity contribution < 1.29 is 9.53 Å². The fourth-order valence-corrected chi connectivity index (χ4v) is 4.27. The van der Waals surface area contributed by atoms with E-state index < -0.39 is 0 Å². The Hall–Kier alpha value is -3.53. The molecule has 162 valence electrons. The van der Waals surface area contributed by atoms with E-state index in [0.29, 0.717) is 42.9 Å².